The summed E-state index contributed by atoms with van der Waals surface area (Å²) in [6.45, 7) is -0.216. The molecular formula is C12H15BrClNO3S. The zero-order valence-electron chi connectivity index (χ0n) is 10.2. The van der Waals surface area contributed by atoms with E-state index in [1.165, 1.54) is 0 Å². The highest BCUT2D eigenvalue weighted by Crippen LogP contribution is 2.30. The molecule has 0 amide bonds. The Morgan fingerprint density at radius 1 is 1.47 bits per heavy atom. The SMILES string of the molecule is O=S1(=O)CCCC(CO)(Nc2ccc(Cl)c(Br)c2)C1. The molecule has 0 spiro atoms. The van der Waals surface area contributed by atoms with Crippen LogP contribution in [0.4, 0.5) is 5.69 Å². The highest BCUT2D eigenvalue weighted by molar-refractivity contribution is 9.10. The predicted molar refractivity (Wildman–Crippen MR) is 80.5 cm³/mol. The van der Waals surface area contributed by atoms with Crippen LogP contribution in [0, 0.1) is 0 Å². The van der Waals surface area contributed by atoms with Crippen molar-refractivity contribution in [2.45, 2.75) is 18.4 Å². The maximum absolute atomic E-state index is 11.8. The van der Waals surface area contributed by atoms with E-state index in [9.17, 15) is 13.5 Å². The van der Waals surface area contributed by atoms with Crippen molar-refractivity contribution in [3.63, 3.8) is 0 Å². The molecule has 0 aliphatic carbocycles. The van der Waals surface area contributed by atoms with Gasteiger partial charge in [0.1, 0.15) is 0 Å². The van der Waals surface area contributed by atoms with E-state index in [0.29, 0.717) is 17.9 Å². The molecule has 1 aromatic rings. The fourth-order valence-corrected chi connectivity index (χ4v) is 4.71. The first-order chi connectivity index (χ1) is 8.86. The van der Waals surface area contributed by atoms with Crippen LogP contribution in [-0.4, -0.2) is 37.2 Å². The molecule has 1 aliphatic rings. The van der Waals surface area contributed by atoms with Gasteiger partial charge in [0.2, 0.25) is 0 Å². The second-order valence-corrected chi connectivity index (χ2v) is 8.33. The Hall–Kier alpha value is -0.300. The van der Waals surface area contributed by atoms with Crippen LogP contribution in [0.25, 0.3) is 0 Å². The molecular weight excluding hydrogens is 354 g/mol. The Morgan fingerprint density at radius 2 is 2.21 bits per heavy atom. The summed E-state index contributed by atoms with van der Waals surface area (Å²) in [5, 5.41) is 13.3. The maximum atomic E-state index is 11.8. The molecule has 1 atom stereocenters. The van der Waals surface area contributed by atoms with Crippen LogP contribution in [0.5, 0.6) is 0 Å². The van der Waals surface area contributed by atoms with Gasteiger partial charge in [-0.3, -0.25) is 0 Å². The van der Waals surface area contributed by atoms with E-state index in [-0.39, 0.29) is 18.1 Å². The summed E-state index contributed by atoms with van der Waals surface area (Å²) in [6, 6.07) is 5.27. The molecule has 19 heavy (non-hydrogen) atoms. The molecule has 1 fully saturated rings. The van der Waals surface area contributed by atoms with Gasteiger partial charge in [0.15, 0.2) is 9.84 Å². The second-order valence-electron chi connectivity index (χ2n) is 4.89. The number of sulfone groups is 1. The van der Waals surface area contributed by atoms with Crippen molar-refractivity contribution in [3.8, 4) is 0 Å². The van der Waals surface area contributed by atoms with Gasteiger partial charge in [-0.2, -0.15) is 0 Å². The van der Waals surface area contributed by atoms with E-state index in [4.69, 9.17) is 11.6 Å². The molecule has 2 rings (SSSR count). The lowest BCUT2D eigenvalue weighted by molar-refractivity contribution is 0.212. The molecule has 1 saturated heterocycles. The number of hydrogen-bond donors (Lipinski definition) is 2. The molecule has 1 heterocycles. The van der Waals surface area contributed by atoms with Gasteiger partial charge >= 0.3 is 0 Å². The predicted octanol–water partition coefficient (Wildman–Crippen LogP) is 2.45. The third-order valence-electron chi connectivity index (χ3n) is 3.24. The molecule has 1 aliphatic heterocycles. The molecule has 1 aromatic carbocycles. The summed E-state index contributed by atoms with van der Waals surface area (Å²) in [7, 11) is -3.10. The summed E-state index contributed by atoms with van der Waals surface area (Å²) in [5.74, 6) is 0.150. The van der Waals surface area contributed by atoms with E-state index in [1.807, 2.05) is 0 Å². The maximum Gasteiger partial charge on any atom is 0.152 e. The molecule has 0 aromatic heterocycles. The zero-order valence-corrected chi connectivity index (χ0v) is 13.4. The van der Waals surface area contributed by atoms with Gasteiger partial charge in [-0.25, -0.2) is 8.42 Å². The molecule has 0 bridgehead atoms. The number of anilines is 1. The van der Waals surface area contributed by atoms with Crippen LogP contribution in [0.15, 0.2) is 22.7 Å². The van der Waals surface area contributed by atoms with Gasteiger partial charge in [0, 0.05) is 10.2 Å². The van der Waals surface area contributed by atoms with Gasteiger partial charge in [0.25, 0.3) is 0 Å². The number of aliphatic hydroxyl groups excluding tert-OH is 1. The van der Waals surface area contributed by atoms with Crippen LogP contribution >= 0.6 is 27.5 Å². The smallest absolute Gasteiger partial charge is 0.152 e. The fraction of sp³-hybridized carbons (Fsp3) is 0.500. The van der Waals surface area contributed by atoms with E-state index < -0.39 is 15.4 Å². The van der Waals surface area contributed by atoms with Crippen LogP contribution in [0.1, 0.15) is 12.8 Å². The molecule has 2 N–H and O–H groups in total. The van der Waals surface area contributed by atoms with Gasteiger partial charge in [-0.1, -0.05) is 11.6 Å². The second kappa shape index (κ2) is 5.60. The number of rotatable bonds is 3. The van der Waals surface area contributed by atoms with E-state index >= 15 is 0 Å². The van der Waals surface area contributed by atoms with Crippen molar-refractivity contribution in [1.29, 1.82) is 0 Å². The zero-order chi connectivity index (χ0) is 14.1. The molecule has 4 nitrogen and oxygen atoms in total. The van der Waals surface area contributed by atoms with Crippen molar-refractivity contribution in [3.05, 3.63) is 27.7 Å². The van der Waals surface area contributed by atoms with Crippen molar-refractivity contribution in [2.75, 3.05) is 23.4 Å². The van der Waals surface area contributed by atoms with Crippen molar-refractivity contribution in [1.82, 2.24) is 0 Å². The number of hydrogen-bond acceptors (Lipinski definition) is 4. The van der Waals surface area contributed by atoms with Crippen LogP contribution < -0.4 is 5.32 Å². The lowest BCUT2D eigenvalue weighted by atomic mass is 9.96. The minimum atomic E-state index is -3.10. The topological polar surface area (TPSA) is 66.4 Å². The van der Waals surface area contributed by atoms with E-state index in [0.717, 1.165) is 10.2 Å². The summed E-state index contributed by atoms with van der Waals surface area (Å²) in [4.78, 5) is 0. The quantitative estimate of drug-likeness (QED) is 0.860. The summed E-state index contributed by atoms with van der Waals surface area (Å²) in [6.07, 6.45) is 1.19. The van der Waals surface area contributed by atoms with Crippen LogP contribution in [0.2, 0.25) is 5.02 Å². The summed E-state index contributed by atoms with van der Waals surface area (Å²) < 4.78 is 24.2. The van der Waals surface area contributed by atoms with Crippen LogP contribution in [0.3, 0.4) is 0 Å². The monoisotopic (exact) mass is 367 g/mol. The Kier molecular flexibility index (Phi) is 4.45. The fourth-order valence-electron chi connectivity index (χ4n) is 2.34. The normalized spacial score (nSPS) is 26.1. The van der Waals surface area contributed by atoms with Gasteiger partial charge < -0.3 is 10.4 Å². The van der Waals surface area contributed by atoms with Crippen LogP contribution in [-0.2, 0) is 9.84 Å². The van der Waals surface area contributed by atoms with Gasteiger partial charge in [-0.15, -0.1) is 0 Å². The Balaban J connectivity index is 2.25. The minimum Gasteiger partial charge on any atom is -0.394 e. The third-order valence-corrected chi connectivity index (χ3v) is 6.36. The average molecular weight is 369 g/mol. The highest BCUT2D eigenvalue weighted by Gasteiger charge is 2.38. The number of halogens is 2. The summed E-state index contributed by atoms with van der Waals surface area (Å²) in [5.41, 5.74) is -0.0629. The number of nitrogens with one attached hydrogen (secondary N) is 1. The molecule has 7 heteroatoms. The molecule has 106 valence electrons. The first kappa shape index (κ1) is 15.1. The molecule has 0 saturated carbocycles. The Labute approximate surface area is 126 Å². The number of aliphatic hydroxyl groups is 1. The van der Waals surface area contributed by atoms with Gasteiger partial charge in [0.05, 0.1) is 28.7 Å². The van der Waals surface area contributed by atoms with Crippen molar-refractivity contribution < 1.29 is 13.5 Å². The lowest BCUT2D eigenvalue weighted by Crippen LogP contribution is -2.51. The minimum absolute atomic E-state index is 0.0449. The average Bonchev–Trinajstić information content (AvgIpc) is 2.33. The first-order valence-electron chi connectivity index (χ1n) is 5.90. The van der Waals surface area contributed by atoms with E-state index in [2.05, 4.69) is 21.2 Å². The van der Waals surface area contributed by atoms with Crippen molar-refractivity contribution in [2.24, 2.45) is 0 Å². The standard InChI is InChI=1S/C12H15BrClNO3S/c13-10-6-9(2-3-11(10)14)15-12(7-16)4-1-5-19(17,18)8-12/h2-3,6,15-16H,1,4-5,7-8H2. The third kappa shape index (κ3) is 3.62. The van der Waals surface area contributed by atoms with Gasteiger partial charge in [-0.05, 0) is 47.0 Å². The van der Waals surface area contributed by atoms with E-state index in [1.54, 1.807) is 18.2 Å². The molecule has 0 radical (unpaired) electrons. The highest BCUT2D eigenvalue weighted by atomic mass is 79.9. The first-order valence-corrected chi connectivity index (χ1v) is 8.90. The Morgan fingerprint density at radius 3 is 2.79 bits per heavy atom. The summed E-state index contributed by atoms with van der Waals surface area (Å²) >= 11 is 9.24. The lowest BCUT2D eigenvalue weighted by Gasteiger charge is -2.37. The number of benzene rings is 1. The largest absolute Gasteiger partial charge is 0.394 e. The van der Waals surface area contributed by atoms with Crippen molar-refractivity contribution >= 4 is 43.1 Å². The Bertz CT molecular complexity index is 578. The molecule has 1 unspecified atom stereocenters.